The Morgan fingerprint density at radius 3 is 2.62 bits per heavy atom. The first-order valence-corrected chi connectivity index (χ1v) is 9.98. The van der Waals surface area contributed by atoms with E-state index in [1.165, 1.54) is 12.1 Å². The normalized spacial score (nSPS) is 11.3. The number of hydrogen-bond donors (Lipinski definition) is 1. The molecule has 0 saturated heterocycles. The van der Waals surface area contributed by atoms with Gasteiger partial charge in [-0.05, 0) is 78.6 Å². The predicted octanol–water partition coefficient (Wildman–Crippen LogP) is 5.73. The molecular formula is C25H20N4O3. The Morgan fingerprint density at radius 1 is 1.16 bits per heavy atom. The van der Waals surface area contributed by atoms with Gasteiger partial charge in [0, 0.05) is 12.1 Å². The summed E-state index contributed by atoms with van der Waals surface area (Å²) in [5.74, 6) is 1.15. The number of nitro groups is 1. The van der Waals surface area contributed by atoms with E-state index in [0.29, 0.717) is 17.1 Å². The van der Waals surface area contributed by atoms with Crippen LogP contribution in [-0.4, -0.2) is 14.9 Å². The van der Waals surface area contributed by atoms with Crippen LogP contribution in [0.3, 0.4) is 0 Å². The number of ether oxygens (including phenoxy) is 1. The molecule has 4 aromatic rings. The van der Waals surface area contributed by atoms with Crippen molar-refractivity contribution in [2.24, 2.45) is 0 Å². The van der Waals surface area contributed by atoms with Crippen molar-refractivity contribution < 1.29 is 9.66 Å². The molecule has 32 heavy (non-hydrogen) atoms. The zero-order chi connectivity index (χ0) is 22.7. The van der Waals surface area contributed by atoms with Crippen molar-refractivity contribution in [2.45, 2.75) is 20.5 Å². The zero-order valence-corrected chi connectivity index (χ0v) is 17.6. The number of H-pyrrole nitrogens is 1. The molecule has 0 bridgehead atoms. The van der Waals surface area contributed by atoms with Gasteiger partial charge in [-0.2, -0.15) is 5.26 Å². The fourth-order valence-corrected chi connectivity index (χ4v) is 3.29. The lowest BCUT2D eigenvalue weighted by Gasteiger charge is -2.07. The molecule has 158 valence electrons. The first-order valence-electron chi connectivity index (χ1n) is 9.98. The van der Waals surface area contributed by atoms with Crippen LogP contribution in [0.2, 0.25) is 0 Å². The number of non-ortho nitro benzene ring substituents is 1. The smallest absolute Gasteiger partial charge is 0.269 e. The number of hydrogen-bond acceptors (Lipinski definition) is 5. The fourth-order valence-electron chi connectivity index (χ4n) is 3.29. The van der Waals surface area contributed by atoms with E-state index in [1.54, 1.807) is 18.2 Å². The van der Waals surface area contributed by atoms with Crippen molar-refractivity contribution >= 4 is 28.4 Å². The summed E-state index contributed by atoms with van der Waals surface area (Å²) < 4.78 is 5.82. The van der Waals surface area contributed by atoms with Crippen molar-refractivity contribution in [3.63, 3.8) is 0 Å². The second-order valence-electron chi connectivity index (χ2n) is 7.49. The molecule has 0 amide bonds. The number of aromatic amines is 1. The molecule has 4 rings (SSSR count). The highest BCUT2D eigenvalue weighted by Gasteiger charge is 2.10. The van der Waals surface area contributed by atoms with E-state index in [2.05, 4.69) is 16.0 Å². The SMILES string of the molecule is Cc1cc2nc(/C(C#N)=C/c3cccc(OCc4ccc([N+](=O)[O-])cc4)c3)[nH]c2cc1C. The van der Waals surface area contributed by atoms with Gasteiger partial charge in [-0.1, -0.05) is 12.1 Å². The lowest BCUT2D eigenvalue weighted by Crippen LogP contribution is -1.96. The number of nitro benzene ring substituents is 1. The van der Waals surface area contributed by atoms with Crippen LogP contribution in [-0.2, 0) is 6.61 Å². The predicted molar refractivity (Wildman–Crippen MR) is 123 cm³/mol. The highest BCUT2D eigenvalue weighted by atomic mass is 16.6. The summed E-state index contributed by atoms with van der Waals surface area (Å²) in [6.07, 6.45) is 1.76. The molecule has 1 N–H and O–H groups in total. The van der Waals surface area contributed by atoms with Gasteiger partial charge >= 0.3 is 0 Å². The highest BCUT2D eigenvalue weighted by molar-refractivity contribution is 5.90. The number of rotatable bonds is 6. The Balaban J connectivity index is 1.54. The maximum atomic E-state index is 10.8. The molecule has 0 aliphatic rings. The minimum Gasteiger partial charge on any atom is -0.489 e. The summed E-state index contributed by atoms with van der Waals surface area (Å²) in [7, 11) is 0. The third-order valence-corrected chi connectivity index (χ3v) is 5.19. The number of nitrogens with zero attached hydrogens (tertiary/aromatic N) is 3. The standard InChI is InChI=1S/C25H20N4O3/c1-16-10-23-24(11-17(16)2)28-25(27-23)20(14-26)12-19-4-3-5-22(13-19)32-15-18-6-8-21(9-7-18)29(30)31/h3-13H,15H2,1-2H3,(H,27,28)/b20-12+. The Labute approximate surface area is 184 Å². The molecule has 0 atom stereocenters. The van der Waals surface area contributed by atoms with Gasteiger partial charge in [0.1, 0.15) is 24.3 Å². The van der Waals surface area contributed by atoms with Gasteiger partial charge in [-0.25, -0.2) is 4.98 Å². The minimum atomic E-state index is -0.433. The highest BCUT2D eigenvalue weighted by Crippen LogP contribution is 2.24. The van der Waals surface area contributed by atoms with Gasteiger partial charge in [0.2, 0.25) is 0 Å². The average Bonchev–Trinajstić information content (AvgIpc) is 3.19. The van der Waals surface area contributed by atoms with Crippen LogP contribution in [0, 0.1) is 35.3 Å². The van der Waals surface area contributed by atoms with Gasteiger partial charge in [0.05, 0.1) is 21.5 Å². The number of benzene rings is 3. The van der Waals surface area contributed by atoms with E-state index < -0.39 is 4.92 Å². The number of imidazole rings is 1. The number of aryl methyl sites for hydroxylation is 2. The molecule has 0 unspecified atom stereocenters. The minimum absolute atomic E-state index is 0.0424. The number of allylic oxidation sites excluding steroid dienone is 1. The molecule has 1 heterocycles. The van der Waals surface area contributed by atoms with Gasteiger partial charge < -0.3 is 9.72 Å². The molecule has 0 spiro atoms. The third-order valence-electron chi connectivity index (χ3n) is 5.19. The van der Waals surface area contributed by atoms with E-state index in [9.17, 15) is 15.4 Å². The summed E-state index contributed by atoms with van der Waals surface area (Å²) >= 11 is 0. The number of nitriles is 1. The van der Waals surface area contributed by atoms with Crippen molar-refractivity contribution in [1.29, 1.82) is 5.26 Å². The molecular weight excluding hydrogens is 404 g/mol. The Bertz CT molecular complexity index is 1340. The Hall–Kier alpha value is -4.44. The first-order chi connectivity index (χ1) is 15.4. The second-order valence-corrected chi connectivity index (χ2v) is 7.49. The molecule has 0 aliphatic carbocycles. The summed E-state index contributed by atoms with van der Waals surface area (Å²) in [4.78, 5) is 18.1. The van der Waals surface area contributed by atoms with E-state index in [4.69, 9.17) is 4.74 Å². The van der Waals surface area contributed by atoms with E-state index in [0.717, 1.165) is 33.3 Å². The topological polar surface area (TPSA) is 105 Å². The molecule has 0 radical (unpaired) electrons. The summed E-state index contributed by atoms with van der Waals surface area (Å²) in [6.45, 7) is 4.35. The molecule has 3 aromatic carbocycles. The molecule has 7 nitrogen and oxygen atoms in total. The van der Waals surface area contributed by atoms with Crippen molar-refractivity contribution in [3.05, 3.63) is 98.9 Å². The van der Waals surface area contributed by atoms with Crippen LogP contribution < -0.4 is 4.74 Å². The number of fused-ring (bicyclic) bond motifs is 1. The second kappa shape index (κ2) is 8.74. The summed E-state index contributed by atoms with van der Waals surface area (Å²) in [5.41, 5.74) is 6.11. The maximum absolute atomic E-state index is 10.8. The van der Waals surface area contributed by atoms with Gasteiger partial charge in [-0.15, -0.1) is 0 Å². The third kappa shape index (κ3) is 4.50. The lowest BCUT2D eigenvalue weighted by molar-refractivity contribution is -0.384. The lowest BCUT2D eigenvalue weighted by atomic mass is 10.1. The molecule has 7 heteroatoms. The van der Waals surface area contributed by atoms with Gasteiger partial charge in [-0.3, -0.25) is 10.1 Å². The van der Waals surface area contributed by atoms with Gasteiger partial charge in [0.25, 0.3) is 5.69 Å². The average molecular weight is 424 g/mol. The number of nitrogens with one attached hydrogen (secondary N) is 1. The first kappa shape index (κ1) is 20.8. The van der Waals surface area contributed by atoms with Crippen LogP contribution in [0.25, 0.3) is 22.7 Å². The largest absolute Gasteiger partial charge is 0.489 e. The number of aromatic nitrogens is 2. The monoisotopic (exact) mass is 424 g/mol. The molecule has 1 aromatic heterocycles. The van der Waals surface area contributed by atoms with E-state index >= 15 is 0 Å². The van der Waals surface area contributed by atoms with Crippen LogP contribution in [0.15, 0.2) is 60.7 Å². The van der Waals surface area contributed by atoms with E-state index in [1.807, 2.05) is 50.2 Å². The van der Waals surface area contributed by atoms with Crippen LogP contribution >= 0.6 is 0 Å². The molecule has 0 fully saturated rings. The van der Waals surface area contributed by atoms with Crippen LogP contribution in [0.1, 0.15) is 28.1 Å². The summed E-state index contributed by atoms with van der Waals surface area (Å²) in [5, 5.41) is 20.5. The van der Waals surface area contributed by atoms with Crippen molar-refractivity contribution in [3.8, 4) is 11.8 Å². The van der Waals surface area contributed by atoms with Crippen LogP contribution in [0.5, 0.6) is 5.75 Å². The van der Waals surface area contributed by atoms with Crippen LogP contribution in [0.4, 0.5) is 5.69 Å². The Kier molecular flexibility index (Phi) is 5.69. The molecule has 0 saturated carbocycles. The van der Waals surface area contributed by atoms with E-state index in [-0.39, 0.29) is 12.3 Å². The zero-order valence-electron chi connectivity index (χ0n) is 17.6. The molecule has 0 aliphatic heterocycles. The maximum Gasteiger partial charge on any atom is 0.269 e. The van der Waals surface area contributed by atoms with Gasteiger partial charge in [0.15, 0.2) is 0 Å². The fraction of sp³-hybridized carbons (Fsp3) is 0.120. The van der Waals surface area contributed by atoms with Crippen molar-refractivity contribution in [1.82, 2.24) is 9.97 Å². The Morgan fingerprint density at radius 2 is 1.91 bits per heavy atom. The summed E-state index contributed by atoms with van der Waals surface area (Å²) in [6, 6.07) is 19.9. The van der Waals surface area contributed by atoms with Crippen molar-refractivity contribution in [2.75, 3.05) is 0 Å². The quantitative estimate of drug-likeness (QED) is 0.242.